The number of hydrogen-bond donors (Lipinski definition) is 2. The van der Waals surface area contributed by atoms with E-state index < -0.39 is 0 Å². The molecule has 6 nitrogen and oxygen atoms in total. The van der Waals surface area contributed by atoms with Crippen LogP contribution in [0.25, 0.3) is 0 Å². The summed E-state index contributed by atoms with van der Waals surface area (Å²) in [6, 6.07) is 0. The quantitative estimate of drug-likeness (QED) is 0.230. The van der Waals surface area contributed by atoms with E-state index in [-0.39, 0.29) is 29.5 Å². The summed E-state index contributed by atoms with van der Waals surface area (Å²) < 4.78 is 0. The number of hydrogen-bond acceptors (Lipinski definition) is 3. The molecular weight excluding hydrogens is 465 g/mol. The number of nitrogens with zero attached hydrogens (tertiary/aromatic N) is 3. The van der Waals surface area contributed by atoms with E-state index >= 15 is 0 Å². The van der Waals surface area contributed by atoms with E-state index in [4.69, 9.17) is 4.99 Å². The maximum atomic E-state index is 11.7. The largest absolute Gasteiger partial charge is 0.357 e. The summed E-state index contributed by atoms with van der Waals surface area (Å²) in [7, 11) is 0. The normalized spacial score (nSPS) is 24.2. The van der Waals surface area contributed by atoms with Gasteiger partial charge in [0, 0.05) is 51.2 Å². The fourth-order valence-corrected chi connectivity index (χ4v) is 4.29. The Labute approximate surface area is 189 Å². The van der Waals surface area contributed by atoms with Crippen molar-refractivity contribution < 1.29 is 4.79 Å². The predicted octanol–water partition coefficient (Wildman–Crippen LogP) is 2.93. The van der Waals surface area contributed by atoms with Gasteiger partial charge in [0.2, 0.25) is 5.91 Å². The van der Waals surface area contributed by atoms with Crippen LogP contribution in [0.15, 0.2) is 4.99 Å². The van der Waals surface area contributed by atoms with Crippen LogP contribution >= 0.6 is 24.0 Å². The van der Waals surface area contributed by atoms with Gasteiger partial charge in [-0.2, -0.15) is 0 Å². The van der Waals surface area contributed by atoms with Crippen molar-refractivity contribution in [1.82, 2.24) is 20.4 Å². The summed E-state index contributed by atoms with van der Waals surface area (Å²) in [4.78, 5) is 21.1. The number of nitrogens with one attached hydrogen (secondary N) is 2. The Morgan fingerprint density at radius 2 is 1.89 bits per heavy atom. The van der Waals surface area contributed by atoms with Crippen molar-refractivity contribution in [3.05, 3.63) is 0 Å². The van der Waals surface area contributed by atoms with Crippen LogP contribution in [-0.2, 0) is 4.79 Å². The second-order valence-electron chi connectivity index (χ2n) is 9.12. The van der Waals surface area contributed by atoms with Gasteiger partial charge in [0.25, 0.3) is 0 Å². The highest BCUT2D eigenvalue weighted by atomic mass is 127. The highest BCUT2D eigenvalue weighted by molar-refractivity contribution is 14.0. The number of carbonyl (C=O) groups is 1. The van der Waals surface area contributed by atoms with Crippen molar-refractivity contribution in [2.45, 2.75) is 65.8 Å². The highest BCUT2D eigenvalue weighted by Gasteiger charge is 2.32. The van der Waals surface area contributed by atoms with Gasteiger partial charge >= 0.3 is 0 Å². The van der Waals surface area contributed by atoms with Gasteiger partial charge in [0.15, 0.2) is 5.96 Å². The molecule has 2 atom stereocenters. The lowest BCUT2D eigenvalue weighted by molar-refractivity contribution is -0.127. The summed E-state index contributed by atoms with van der Waals surface area (Å²) in [6.45, 7) is 18.0. The minimum Gasteiger partial charge on any atom is -0.357 e. The maximum Gasteiger partial charge on any atom is 0.222 e. The molecular formula is C21H42IN5O. The molecule has 0 spiro atoms. The molecule has 2 unspecified atom stereocenters. The first kappa shape index (κ1) is 25.5. The zero-order chi connectivity index (χ0) is 19.9. The van der Waals surface area contributed by atoms with Gasteiger partial charge in [-0.25, -0.2) is 0 Å². The van der Waals surface area contributed by atoms with Crippen molar-refractivity contribution in [2.24, 2.45) is 16.8 Å². The zero-order valence-corrected chi connectivity index (χ0v) is 20.9. The van der Waals surface area contributed by atoms with E-state index in [0.717, 1.165) is 69.8 Å². The molecule has 1 amide bonds. The summed E-state index contributed by atoms with van der Waals surface area (Å²) >= 11 is 0. The SMILES string of the molecule is CCNC(=NCC(C)(C)N1CC(C)CC(C)C1)NCCCN1CCCC1=O.I. The minimum atomic E-state index is 0. The molecule has 2 heterocycles. The van der Waals surface area contributed by atoms with Gasteiger partial charge in [0.05, 0.1) is 6.54 Å². The molecule has 0 bridgehead atoms. The van der Waals surface area contributed by atoms with Gasteiger partial charge in [-0.15, -0.1) is 24.0 Å². The standard InChI is InChI=1S/C21H41N5O.HI/c1-6-22-20(23-10-8-12-25-11-7-9-19(25)27)24-16-21(4,5)26-14-17(2)13-18(3)15-26;/h17-18H,6-16H2,1-5H3,(H2,22,23,24);1H. The first-order valence-corrected chi connectivity index (χ1v) is 10.9. The summed E-state index contributed by atoms with van der Waals surface area (Å²) in [5.74, 6) is 2.71. The van der Waals surface area contributed by atoms with Gasteiger partial charge in [-0.05, 0) is 51.9 Å². The summed E-state index contributed by atoms with van der Waals surface area (Å²) in [5.41, 5.74) is 0.0628. The fourth-order valence-electron chi connectivity index (χ4n) is 4.29. The topological polar surface area (TPSA) is 60.0 Å². The van der Waals surface area contributed by atoms with Crippen LogP contribution in [0.4, 0.5) is 0 Å². The summed E-state index contributed by atoms with van der Waals surface area (Å²) in [6.07, 6.45) is 4.03. The number of likely N-dealkylation sites (tertiary alicyclic amines) is 2. The molecule has 0 saturated carbocycles. The Bertz CT molecular complexity index is 501. The average Bonchev–Trinajstić information content (AvgIpc) is 3.00. The lowest BCUT2D eigenvalue weighted by Crippen LogP contribution is -2.53. The van der Waals surface area contributed by atoms with Gasteiger partial charge in [-0.3, -0.25) is 14.7 Å². The van der Waals surface area contributed by atoms with Crippen molar-refractivity contribution in [3.8, 4) is 0 Å². The number of rotatable bonds is 8. The van der Waals surface area contributed by atoms with E-state index in [1.807, 2.05) is 4.90 Å². The molecule has 2 saturated heterocycles. The Morgan fingerprint density at radius 3 is 2.46 bits per heavy atom. The van der Waals surface area contributed by atoms with E-state index in [9.17, 15) is 4.79 Å². The van der Waals surface area contributed by atoms with Crippen LogP contribution in [-0.4, -0.2) is 73.0 Å². The predicted molar refractivity (Wildman–Crippen MR) is 128 cm³/mol. The zero-order valence-electron chi connectivity index (χ0n) is 18.6. The molecule has 2 rings (SSSR count). The van der Waals surface area contributed by atoms with Crippen LogP contribution in [0.1, 0.15) is 60.3 Å². The third-order valence-corrected chi connectivity index (χ3v) is 5.76. The first-order valence-electron chi connectivity index (χ1n) is 10.9. The lowest BCUT2D eigenvalue weighted by Gasteiger charge is -2.44. The number of amides is 1. The van der Waals surface area contributed by atoms with Gasteiger partial charge in [0.1, 0.15) is 0 Å². The van der Waals surface area contributed by atoms with Gasteiger partial charge in [-0.1, -0.05) is 13.8 Å². The molecule has 2 N–H and O–H groups in total. The van der Waals surface area contributed by atoms with Crippen LogP contribution in [0.5, 0.6) is 0 Å². The van der Waals surface area contributed by atoms with Crippen molar-refractivity contribution >= 4 is 35.8 Å². The number of carbonyl (C=O) groups excluding carboxylic acids is 1. The monoisotopic (exact) mass is 507 g/mol. The number of guanidine groups is 1. The van der Waals surface area contributed by atoms with E-state index in [1.165, 1.54) is 19.5 Å². The second-order valence-corrected chi connectivity index (χ2v) is 9.12. The van der Waals surface area contributed by atoms with Crippen LogP contribution in [0, 0.1) is 11.8 Å². The Balaban J connectivity index is 0.00000392. The van der Waals surface area contributed by atoms with Crippen molar-refractivity contribution in [3.63, 3.8) is 0 Å². The molecule has 0 aliphatic carbocycles. The molecule has 0 aromatic carbocycles. The Morgan fingerprint density at radius 1 is 1.21 bits per heavy atom. The third kappa shape index (κ3) is 8.05. The Hall–Kier alpha value is -0.570. The van der Waals surface area contributed by atoms with E-state index in [0.29, 0.717) is 5.91 Å². The van der Waals surface area contributed by atoms with Crippen molar-refractivity contribution in [1.29, 1.82) is 0 Å². The van der Waals surface area contributed by atoms with Gasteiger partial charge < -0.3 is 15.5 Å². The number of halogens is 1. The first-order chi connectivity index (χ1) is 12.8. The molecule has 164 valence electrons. The number of aliphatic imine (C=N–C) groups is 1. The average molecular weight is 508 g/mol. The van der Waals surface area contributed by atoms with E-state index in [1.54, 1.807) is 0 Å². The smallest absolute Gasteiger partial charge is 0.222 e. The lowest BCUT2D eigenvalue weighted by atomic mass is 9.88. The molecule has 0 aromatic rings. The molecule has 2 aliphatic heterocycles. The highest BCUT2D eigenvalue weighted by Crippen LogP contribution is 2.27. The second kappa shape index (κ2) is 12.2. The molecule has 0 aromatic heterocycles. The Kier molecular flexibility index (Phi) is 11.1. The molecule has 0 radical (unpaired) electrons. The van der Waals surface area contributed by atoms with Crippen LogP contribution in [0.2, 0.25) is 0 Å². The van der Waals surface area contributed by atoms with E-state index in [2.05, 4.69) is 50.2 Å². The van der Waals surface area contributed by atoms with Crippen molar-refractivity contribution in [2.75, 3.05) is 45.8 Å². The fraction of sp³-hybridized carbons (Fsp3) is 0.905. The summed E-state index contributed by atoms with van der Waals surface area (Å²) in [5, 5.41) is 6.79. The molecule has 7 heteroatoms. The molecule has 2 aliphatic rings. The molecule has 28 heavy (non-hydrogen) atoms. The maximum absolute atomic E-state index is 11.7. The third-order valence-electron chi connectivity index (χ3n) is 5.76. The van der Waals surface area contributed by atoms with Crippen LogP contribution in [0.3, 0.4) is 0 Å². The van der Waals surface area contributed by atoms with Crippen LogP contribution < -0.4 is 10.6 Å². The molecule has 2 fully saturated rings. The minimum absolute atomic E-state index is 0. The number of piperidine rings is 1.